The van der Waals surface area contributed by atoms with Crippen molar-refractivity contribution in [2.75, 3.05) is 0 Å². The van der Waals surface area contributed by atoms with Crippen molar-refractivity contribution < 1.29 is 0 Å². The fraction of sp³-hybridized carbons (Fsp3) is 0.800. The molecule has 0 aliphatic carbocycles. The molecule has 0 unspecified atom stereocenters. The van der Waals surface area contributed by atoms with Crippen LogP contribution in [-0.4, -0.2) is 23.1 Å². The third-order valence-corrected chi connectivity index (χ3v) is 1.28. The first-order chi connectivity index (χ1) is 4.77. The summed E-state index contributed by atoms with van der Waals surface area (Å²) in [4.78, 5) is 0. The summed E-state index contributed by atoms with van der Waals surface area (Å²) in [5, 5.41) is 0. The summed E-state index contributed by atoms with van der Waals surface area (Å²) in [5.74, 6) is 0.876. The minimum absolute atomic E-state index is 0. The Morgan fingerprint density at radius 2 is 1.55 bits per heavy atom. The van der Waals surface area contributed by atoms with Gasteiger partial charge in [0, 0.05) is 0 Å². The summed E-state index contributed by atoms with van der Waals surface area (Å²) in [5.41, 5.74) is 0. The van der Waals surface area contributed by atoms with Gasteiger partial charge in [-0.05, 0) is 5.92 Å². The molecule has 0 radical (unpaired) electrons. The topological polar surface area (TPSA) is 0 Å². The molecule has 0 nitrogen and oxygen atoms in total. The Hall–Kier alpha value is 0.766. The maximum absolute atomic E-state index is 3.78. The van der Waals surface area contributed by atoms with Gasteiger partial charge in [-0.3, -0.25) is 0 Å². The van der Waals surface area contributed by atoms with Crippen molar-refractivity contribution in [2.24, 2.45) is 5.92 Å². The molecule has 0 amide bonds. The fourth-order valence-corrected chi connectivity index (χ4v) is 0.729. The van der Waals surface area contributed by atoms with Gasteiger partial charge in [0.1, 0.15) is 0 Å². The minimum Gasteiger partial charge on any atom is -0.346 e. The molecule has 0 saturated heterocycles. The van der Waals surface area contributed by atoms with Crippen molar-refractivity contribution in [3.8, 4) is 0 Å². The molecule has 0 aliphatic rings. The molecule has 0 N–H and O–H groups in total. The van der Waals surface area contributed by atoms with Gasteiger partial charge < -0.3 is 13.8 Å². The molecule has 0 saturated carbocycles. The van der Waals surface area contributed by atoms with Gasteiger partial charge in [-0.1, -0.05) is 33.1 Å². The van der Waals surface area contributed by atoms with Crippen molar-refractivity contribution in [3.63, 3.8) is 0 Å². The van der Waals surface area contributed by atoms with E-state index in [-0.39, 0.29) is 23.1 Å². The zero-order valence-electron chi connectivity index (χ0n) is 8.53. The standard InChI is InChI=1S/C8H17.C2H5.Mg/c1-4-5-6-7-8(2)3;1-2;/h8H,1,4-7H2,2-3H3;1H2,2H3;/q2*-1;+2. The molecule has 1 heteroatoms. The molecule has 0 heterocycles. The first-order valence-corrected chi connectivity index (χ1v) is 4.27. The van der Waals surface area contributed by atoms with Crippen LogP contribution in [0.4, 0.5) is 0 Å². The number of hydrogen-bond acceptors (Lipinski definition) is 0. The van der Waals surface area contributed by atoms with E-state index in [1.54, 1.807) is 6.92 Å². The normalized spacial score (nSPS) is 8.18. The van der Waals surface area contributed by atoms with Crippen LogP contribution >= 0.6 is 0 Å². The molecule has 0 atom stereocenters. The molecule has 0 fully saturated rings. The van der Waals surface area contributed by atoms with Crippen LogP contribution in [0.3, 0.4) is 0 Å². The van der Waals surface area contributed by atoms with E-state index in [2.05, 4.69) is 27.7 Å². The maximum atomic E-state index is 3.78. The second-order valence-electron chi connectivity index (χ2n) is 2.74. The van der Waals surface area contributed by atoms with Crippen molar-refractivity contribution in [1.29, 1.82) is 0 Å². The molecule has 11 heavy (non-hydrogen) atoms. The van der Waals surface area contributed by atoms with Crippen LogP contribution in [0, 0.1) is 19.8 Å². The molecular formula is C10H22Mg. The zero-order chi connectivity index (χ0) is 8.41. The first-order valence-electron chi connectivity index (χ1n) is 4.27. The predicted molar refractivity (Wildman–Crippen MR) is 55.4 cm³/mol. The molecule has 64 valence electrons. The van der Waals surface area contributed by atoms with E-state index in [9.17, 15) is 0 Å². The first kappa shape index (κ1) is 17.7. The summed E-state index contributed by atoms with van der Waals surface area (Å²) < 4.78 is 0. The van der Waals surface area contributed by atoms with Gasteiger partial charge in [-0.2, -0.15) is 13.3 Å². The molecule has 0 rings (SSSR count). The summed E-state index contributed by atoms with van der Waals surface area (Å²) in [7, 11) is 0. The number of rotatable bonds is 4. The Morgan fingerprint density at radius 3 is 1.82 bits per heavy atom. The molecule has 0 aromatic carbocycles. The Morgan fingerprint density at radius 1 is 1.09 bits per heavy atom. The predicted octanol–water partition coefficient (Wildman–Crippen LogP) is 3.50. The van der Waals surface area contributed by atoms with E-state index in [1.807, 2.05) is 0 Å². The molecule has 0 aliphatic heterocycles. The van der Waals surface area contributed by atoms with Crippen LogP contribution in [0.2, 0.25) is 0 Å². The van der Waals surface area contributed by atoms with Crippen LogP contribution < -0.4 is 0 Å². The van der Waals surface area contributed by atoms with Crippen molar-refractivity contribution in [3.05, 3.63) is 13.8 Å². The molecule has 0 aromatic rings. The Balaban J connectivity index is -0.000000196. The van der Waals surface area contributed by atoms with Crippen molar-refractivity contribution in [1.82, 2.24) is 0 Å². The molecule has 0 bridgehead atoms. The van der Waals surface area contributed by atoms with E-state index in [0.717, 1.165) is 12.3 Å². The van der Waals surface area contributed by atoms with Crippen molar-refractivity contribution in [2.45, 2.75) is 46.5 Å². The quantitative estimate of drug-likeness (QED) is 0.341. The van der Waals surface area contributed by atoms with E-state index < -0.39 is 0 Å². The van der Waals surface area contributed by atoms with Gasteiger partial charge in [-0.15, -0.1) is 0 Å². The van der Waals surface area contributed by atoms with Gasteiger partial charge >= 0.3 is 23.1 Å². The fourth-order valence-electron chi connectivity index (χ4n) is 0.729. The van der Waals surface area contributed by atoms with E-state index in [1.165, 1.54) is 19.3 Å². The van der Waals surface area contributed by atoms with Crippen LogP contribution in [0.5, 0.6) is 0 Å². The maximum Gasteiger partial charge on any atom is 2.00 e. The monoisotopic (exact) mass is 166 g/mol. The third kappa shape index (κ3) is 24.9. The van der Waals surface area contributed by atoms with Crippen LogP contribution in [0.25, 0.3) is 0 Å². The summed E-state index contributed by atoms with van der Waals surface area (Å²) >= 11 is 0. The van der Waals surface area contributed by atoms with Gasteiger partial charge in [0.05, 0.1) is 0 Å². The summed E-state index contributed by atoms with van der Waals surface area (Å²) in [6.45, 7) is 13.3. The smallest absolute Gasteiger partial charge is 0.346 e. The van der Waals surface area contributed by atoms with E-state index in [4.69, 9.17) is 0 Å². The average molecular weight is 167 g/mol. The Kier molecular flexibility index (Phi) is 27.5. The van der Waals surface area contributed by atoms with Crippen molar-refractivity contribution >= 4 is 23.1 Å². The van der Waals surface area contributed by atoms with E-state index >= 15 is 0 Å². The largest absolute Gasteiger partial charge is 2.00 e. The van der Waals surface area contributed by atoms with Crippen LogP contribution in [0.1, 0.15) is 46.5 Å². The number of unbranched alkanes of at least 4 members (excludes halogenated alkanes) is 2. The SMILES string of the molecule is [CH2-]C.[CH2-]CCCCC(C)C.[Mg+2]. The molecular weight excluding hydrogens is 144 g/mol. The van der Waals surface area contributed by atoms with Gasteiger partial charge in [0.15, 0.2) is 0 Å². The Bertz CT molecular complexity index is 42.1. The summed E-state index contributed by atoms with van der Waals surface area (Å²) in [6.07, 6.45) is 5.14. The second-order valence-corrected chi connectivity index (χ2v) is 2.74. The third-order valence-electron chi connectivity index (χ3n) is 1.28. The summed E-state index contributed by atoms with van der Waals surface area (Å²) in [6, 6.07) is 0. The average Bonchev–Trinajstić information content (AvgIpc) is 1.92. The number of hydrogen-bond donors (Lipinski definition) is 0. The molecule has 0 aromatic heterocycles. The van der Waals surface area contributed by atoms with Gasteiger partial charge in [0.2, 0.25) is 0 Å². The minimum atomic E-state index is 0. The van der Waals surface area contributed by atoms with Crippen LogP contribution in [-0.2, 0) is 0 Å². The molecule has 0 spiro atoms. The zero-order valence-corrected chi connectivity index (χ0v) is 9.94. The van der Waals surface area contributed by atoms with E-state index in [0.29, 0.717) is 0 Å². The second kappa shape index (κ2) is 17.0. The van der Waals surface area contributed by atoms with Gasteiger partial charge in [0.25, 0.3) is 0 Å². The van der Waals surface area contributed by atoms with Gasteiger partial charge in [-0.25, -0.2) is 0 Å². The van der Waals surface area contributed by atoms with Crippen LogP contribution in [0.15, 0.2) is 0 Å². The Labute approximate surface area is 89.3 Å².